The minimum absolute atomic E-state index is 0.125. The lowest BCUT2D eigenvalue weighted by Crippen LogP contribution is -2.52. The molecule has 32 heavy (non-hydrogen) atoms. The number of rotatable bonds is 3. The average molecular weight is 426 g/mol. The van der Waals surface area contributed by atoms with Gasteiger partial charge in [0, 0.05) is 31.2 Å². The average Bonchev–Trinajstić information content (AvgIpc) is 3.44. The smallest absolute Gasteiger partial charge is 0.333 e. The Kier molecular flexibility index (Phi) is 4.48. The number of nitrogens with zero attached hydrogens (tertiary/aromatic N) is 4. The number of carbonyl (C=O) groups is 3. The first-order valence-corrected chi connectivity index (χ1v) is 9.90. The summed E-state index contributed by atoms with van der Waals surface area (Å²) in [5.74, 6) is -0.830. The van der Waals surface area contributed by atoms with Gasteiger partial charge in [0.1, 0.15) is 16.9 Å². The molecule has 8 heteroatoms. The van der Waals surface area contributed by atoms with Crippen LogP contribution in [0.1, 0.15) is 5.56 Å². The van der Waals surface area contributed by atoms with Gasteiger partial charge in [0.2, 0.25) is 0 Å². The van der Waals surface area contributed by atoms with Gasteiger partial charge in [0.15, 0.2) is 5.76 Å². The number of hydrogen-bond acceptors (Lipinski definition) is 5. The number of fused-ring (bicyclic) bond motifs is 1. The minimum Gasteiger partial charge on any atom is -0.454 e. The molecule has 3 heterocycles. The van der Waals surface area contributed by atoms with Crippen LogP contribution in [0.25, 0.3) is 34.2 Å². The highest BCUT2D eigenvalue weighted by Gasteiger charge is 2.38. The topological polar surface area (TPSA) is 88.7 Å². The molecule has 0 saturated carbocycles. The minimum atomic E-state index is -0.672. The second-order valence-electron chi connectivity index (χ2n) is 7.43. The molecule has 1 saturated heterocycles. The van der Waals surface area contributed by atoms with Gasteiger partial charge in [-0.25, -0.2) is 9.48 Å². The van der Waals surface area contributed by atoms with Crippen molar-refractivity contribution in [2.24, 2.45) is 0 Å². The second kappa shape index (κ2) is 7.35. The lowest BCUT2D eigenvalue weighted by molar-refractivity contribution is -0.134. The Labute approximate surface area is 182 Å². The van der Waals surface area contributed by atoms with Gasteiger partial charge >= 0.3 is 6.03 Å². The van der Waals surface area contributed by atoms with Gasteiger partial charge in [-0.15, -0.1) is 0 Å². The maximum atomic E-state index is 12.7. The van der Waals surface area contributed by atoms with Crippen molar-refractivity contribution in [1.29, 1.82) is 0 Å². The summed E-state index contributed by atoms with van der Waals surface area (Å²) in [5.41, 5.74) is 2.37. The van der Waals surface area contributed by atoms with Gasteiger partial charge in [-0.05, 0) is 30.3 Å². The summed E-state index contributed by atoms with van der Waals surface area (Å²) >= 11 is 0. The third-order valence-electron chi connectivity index (χ3n) is 5.37. The molecular formula is C24H18N4O4. The van der Waals surface area contributed by atoms with Crippen molar-refractivity contribution in [1.82, 2.24) is 19.6 Å². The van der Waals surface area contributed by atoms with E-state index in [4.69, 9.17) is 4.42 Å². The van der Waals surface area contributed by atoms with Crippen LogP contribution in [0.3, 0.4) is 0 Å². The summed E-state index contributed by atoms with van der Waals surface area (Å²) < 4.78 is 7.65. The zero-order valence-corrected chi connectivity index (χ0v) is 17.4. The van der Waals surface area contributed by atoms with Gasteiger partial charge in [-0.3, -0.25) is 19.4 Å². The molecule has 2 aromatic carbocycles. The lowest BCUT2D eigenvalue weighted by Gasteiger charge is -2.28. The summed E-state index contributed by atoms with van der Waals surface area (Å²) in [7, 11) is 2.68. The third-order valence-corrected chi connectivity index (χ3v) is 5.37. The summed E-state index contributed by atoms with van der Waals surface area (Å²) in [4.78, 5) is 39.3. The van der Waals surface area contributed by atoms with Crippen LogP contribution in [-0.4, -0.2) is 51.5 Å². The Morgan fingerprint density at radius 3 is 2.22 bits per heavy atom. The number of imide groups is 2. The van der Waals surface area contributed by atoms with Crippen LogP contribution in [0.2, 0.25) is 0 Å². The van der Waals surface area contributed by atoms with Gasteiger partial charge in [0.25, 0.3) is 11.8 Å². The molecule has 158 valence electrons. The summed E-state index contributed by atoms with van der Waals surface area (Å²) in [6.45, 7) is 0. The number of hydrogen-bond donors (Lipinski definition) is 0. The Hall–Kier alpha value is -4.46. The second-order valence-corrected chi connectivity index (χ2v) is 7.43. The molecule has 2 aromatic heterocycles. The van der Waals surface area contributed by atoms with E-state index in [0.29, 0.717) is 22.6 Å². The first-order chi connectivity index (χ1) is 15.4. The van der Waals surface area contributed by atoms with Crippen molar-refractivity contribution < 1.29 is 18.8 Å². The Bertz CT molecular complexity index is 1360. The Balaban J connectivity index is 1.69. The third kappa shape index (κ3) is 3.09. The van der Waals surface area contributed by atoms with E-state index in [9.17, 15) is 14.4 Å². The first kappa shape index (κ1) is 19.5. The monoisotopic (exact) mass is 426 g/mol. The van der Waals surface area contributed by atoms with E-state index in [1.165, 1.54) is 20.2 Å². The van der Waals surface area contributed by atoms with Crippen LogP contribution in [0.4, 0.5) is 4.79 Å². The largest absolute Gasteiger partial charge is 0.454 e. The molecule has 0 N–H and O–H groups in total. The van der Waals surface area contributed by atoms with Crippen molar-refractivity contribution >= 4 is 34.9 Å². The molecule has 0 atom stereocenters. The molecule has 1 fully saturated rings. The van der Waals surface area contributed by atoms with E-state index >= 15 is 0 Å². The van der Waals surface area contributed by atoms with E-state index in [-0.39, 0.29) is 5.57 Å². The number of amides is 4. The van der Waals surface area contributed by atoms with Crippen LogP contribution in [-0.2, 0) is 9.59 Å². The summed E-state index contributed by atoms with van der Waals surface area (Å²) in [6, 6.07) is 18.2. The number of barbiturate groups is 1. The van der Waals surface area contributed by atoms with Crippen LogP contribution in [0, 0.1) is 0 Å². The van der Waals surface area contributed by atoms with E-state index in [1.807, 2.05) is 60.7 Å². The molecule has 1 aliphatic rings. The van der Waals surface area contributed by atoms with E-state index in [2.05, 4.69) is 5.10 Å². The number of urea groups is 1. The lowest BCUT2D eigenvalue weighted by atomic mass is 10.1. The molecule has 4 aromatic rings. The predicted octanol–water partition coefficient (Wildman–Crippen LogP) is 3.72. The maximum Gasteiger partial charge on any atom is 0.333 e. The van der Waals surface area contributed by atoms with Crippen molar-refractivity contribution in [3.63, 3.8) is 0 Å². The Morgan fingerprint density at radius 1 is 0.875 bits per heavy atom. The molecule has 0 spiro atoms. The number of carbonyl (C=O) groups excluding carboxylic acids is 3. The number of furan rings is 1. The molecule has 0 radical (unpaired) electrons. The zero-order valence-electron chi connectivity index (χ0n) is 17.4. The number of likely N-dealkylation sites (N-methyl/N-ethyl adjacent to an activating group) is 2. The fraction of sp³-hybridized carbons (Fsp3) is 0.0833. The van der Waals surface area contributed by atoms with Gasteiger partial charge < -0.3 is 4.42 Å². The molecular weight excluding hydrogens is 408 g/mol. The molecule has 0 aliphatic carbocycles. The van der Waals surface area contributed by atoms with Crippen molar-refractivity contribution in [2.45, 2.75) is 0 Å². The highest BCUT2D eigenvalue weighted by atomic mass is 16.3. The predicted molar refractivity (Wildman–Crippen MR) is 118 cm³/mol. The summed E-state index contributed by atoms with van der Waals surface area (Å²) in [5, 5.41) is 5.58. The van der Waals surface area contributed by atoms with E-state index in [0.717, 1.165) is 20.9 Å². The van der Waals surface area contributed by atoms with Crippen LogP contribution in [0.15, 0.2) is 76.9 Å². The zero-order chi connectivity index (χ0) is 22.4. The highest BCUT2D eigenvalue weighted by molar-refractivity contribution is 6.30. The quantitative estimate of drug-likeness (QED) is 0.368. The number of para-hydroxylation sites is 2. The fourth-order valence-electron chi connectivity index (χ4n) is 3.63. The van der Waals surface area contributed by atoms with Gasteiger partial charge in [0.05, 0.1) is 5.69 Å². The van der Waals surface area contributed by atoms with Gasteiger partial charge in [-0.1, -0.05) is 36.4 Å². The van der Waals surface area contributed by atoms with Crippen molar-refractivity contribution in [2.75, 3.05) is 14.1 Å². The van der Waals surface area contributed by atoms with Crippen molar-refractivity contribution in [3.8, 4) is 17.1 Å². The molecule has 0 unspecified atom stereocenters. The molecule has 0 bridgehead atoms. The van der Waals surface area contributed by atoms with Crippen LogP contribution >= 0.6 is 0 Å². The summed E-state index contributed by atoms with van der Waals surface area (Å²) in [6.07, 6.45) is 3.18. The SMILES string of the molecule is CN1C(=O)C(=Cc2cn(-c3ccccc3)nc2-c2cc3ccccc3o2)C(=O)N(C)C1=O. The Morgan fingerprint density at radius 2 is 1.53 bits per heavy atom. The molecule has 8 nitrogen and oxygen atoms in total. The fourth-order valence-corrected chi connectivity index (χ4v) is 3.63. The number of benzene rings is 2. The molecule has 5 rings (SSSR count). The normalized spacial score (nSPS) is 14.6. The van der Waals surface area contributed by atoms with Gasteiger partial charge in [-0.2, -0.15) is 5.10 Å². The standard InChI is InChI=1S/C24H18N4O4/c1-26-22(29)18(23(30)27(2)24(26)31)12-16-14-28(17-9-4-3-5-10-17)25-21(16)20-13-15-8-6-7-11-19(15)32-20/h3-14H,1-2H3. The molecule has 4 amide bonds. The van der Waals surface area contributed by atoms with E-state index in [1.54, 1.807) is 10.9 Å². The van der Waals surface area contributed by atoms with Crippen LogP contribution < -0.4 is 0 Å². The van der Waals surface area contributed by atoms with Crippen LogP contribution in [0.5, 0.6) is 0 Å². The molecule has 1 aliphatic heterocycles. The van der Waals surface area contributed by atoms with Crippen molar-refractivity contribution in [3.05, 3.63) is 78.0 Å². The maximum absolute atomic E-state index is 12.7. The first-order valence-electron chi connectivity index (χ1n) is 9.90. The van der Waals surface area contributed by atoms with E-state index < -0.39 is 17.8 Å². The highest BCUT2D eigenvalue weighted by Crippen LogP contribution is 2.31. The number of aromatic nitrogens is 2.